The predicted molar refractivity (Wildman–Crippen MR) is 115 cm³/mol. The zero-order valence-electron chi connectivity index (χ0n) is 18.0. The van der Waals surface area contributed by atoms with E-state index in [2.05, 4.69) is 5.10 Å². The van der Waals surface area contributed by atoms with Crippen LogP contribution in [-0.2, 0) is 17.8 Å². The Morgan fingerprint density at radius 3 is 2.61 bits per heavy atom. The first-order valence-electron chi connectivity index (χ1n) is 10.4. The van der Waals surface area contributed by atoms with Crippen molar-refractivity contribution in [1.82, 2.24) is 14.7 Å². The van der Waals surface area contributed by atoms with Crippen molar-refractivity contribution < 1.29 is 18.7 Å². The predicted octanol–water partition coefficient (Wildman–Crippen LogP) is 3.99. The molecule has 0 fully saturated rings. The number of carbonyl (C=O) groups is 1. The summed E-state index contributed by atoms with van der Waals surface area (Å²) in [6.45, 7) is 7.85. The molecular weight excluding hydrogens is 397 g/mol. The van der Waals surface area contributed by atoms with Crippen LogP contribution < -0.4 is 9.47 Å². The second kappa shape index (κ2) is 8.79. The van der Waals surface area contributed by atoms with E-state index in [1.807, 2.05) is 43.9 Å². The van der Waals surface area contributed by atoms with Crippen LogP contribution in [0.1, 0.15) is 29.4 Å². The molecule has 7 heteroatoms. The molecule has 4 rings (SSSR count). The van der Waals surface area contributed by atoms with Crippen LogP contribution in [0.3, 0.4) is 0 Å². The summed E-state index contributed by atoms with van der Waals surface area (Å²) in [6, 6.07) is 11.9. The Morgan fingerprint density at radius 2 is 1.87 bits per heavy atom. The minimum atomic E-state index is -0.295. The van der Waals surface area contributed by atoms with Crippen molar-refractivity contribution >= 4 is 5.91 Å². The average Bonchev–Trinajstić information content (AvgIpc) is 3.06. The summed E-state index contributed by atoms with van der Waals surface area (Å²) >= 11 is 0. The fourth-order valence-corrected chi connectivity index (χ4v) is 3.87. The second-order valence-electron chi connectivity index (χ2n) is 7.56. The highest BCUT2D eigenvalue weighted by Crippen LogP contribution is 2.34. The van der Waals surface area contributed by atoms with Gasteiger partial charge in [-0.3, -0.25) is 4.79 Å². The standard InChI is InChI=1S/C24H26FN3O3/c1-4-27(15-18-6-5-7-22-24(18)31-13-12-30-22)23(29)14-21-16(2)26-28(17(21)3)20-10-8-19(25)9-11-20/h5-11H,4,12-15H2,1-3H3. The smallest absolute Gasteiger partial charge is 0.227 e. The molecule has 6 nitrogen and oxygen atoms in total. The number of aryl methyl sites for hydroxylation is 1. The van der Waals surface area contributed by atoms with Gasteiger partial charge in [-0.15, -0.1) is 0 Å². The van der Waals surface area contributed by atoms with E-state index in [0.29, 0.717) is 26.3 Å². The molecule has 2 heterocycles. The molecule has 31 heavy (non-hydrogen) atoms. The quantitative estimate of drug-likeness (QED) is 0.602. The highest BCUT2D eigenvalue weighted by Gasteiger charge is 2.22. The third kappa shape index (κ3) is 4.26. The number of amides is 1. The average molecular weight is 423 g/mol. The van der Waals surface area contributed by atoms with Gasteiger partial charge in [0.1, 0.15) is 19.0 Å². The normalized spacial score (nSPS) is 12.6. The van der Waals surface area contributed by atoms with Gasteiger partial charge in [-0.05, 0) is 51.1 Å². The van der Waals surface area contributed by atoms with Gasteiger partial charge in [-0.25, -0.2) is 9.07 Å². The topological polar surface area (TPSA) is 56.6 Å². The van der Waals surface area contributed by atoms with Crippen LogP contribution in [0.25, 0.3) is 5.69 Å². The first-order chi connectivity index (χ1) is 15.0. The number of benzene rings is 2. The lowest BCUT2D eigenvalue weighted by Gasteiger charge is -2.25. The van der Waals surface area contributed by atoms with Gasteiger partial charge in [-0.1, -0.05) is 12.1 Å². The highest BCUT2D eigenvalue weighted by molar-refractivity contribution is 5.79. The van der Waals surface area contributed by atoms with Gasteiger partial charge in [0, 0.05) is 29.9 Å². The summed E-state index contributed by atoms with van der Waals surface area (Å²) in [4.78, 5) is 15.0. The lowest BCUT2D eigenvalue weighted by Crippen LogP contribution is -2.32. The summed E-state index contributed by atoms with van der Waals surface area (Å²) < 4.78 is 26.5. The van der Waals surface area contributed by atoms with Crippen molar-refractivity contribution in [2.75, 3.05) is 19.8 Å². The lowest BCUT2D eigenvalue weighted by molar-refractivity contribution is -0.130. The lowest BCUT2D eigenvalue weighted by atomic mass is 10.1. The zero-order chi connectivity index (χ0) is 22.0. The number of hydrogen-bond donors (Lipinski definition) is 0. The minimum Gasteiger partial charge on any atom is -0.486 e. The van der Waals surface area contributed by atoms with E-state index in [1.54, 1.807) is 16.8 Å². The second-order valence-corrected chi connectivity index (χ2v) is 7.56. The van der Waals surface area contributed by atoms with Crippen molar-refractivity contribution in [3.8, 4) is 17.2 Å². The molecule has 3 aromatic rings. The number of rotatable bonds is 6. The number of ether oxygens (including phenoxy) is 2. The molecule has 1 aromatic heterocycles. The summed E-state index contributed by atoms with van der Waals surface area (Å²) in [5.41, 5.74) is 4.26. The Labute approximate surface area is 181 Å². The van der Waals surface area contributed by atoms with E-state index in [9.17, 15) is 9.18 Å². The van der Waals surface area contributed by atoms with Crippen LogP contribution in [-0.4, -0.2) is 40.3 Å². The largest absolute Gasteiger partial charge is 0.486 e. The third-order valence-electron chi connectivity index (χ3n) is 5.58. The molecule has 2 aromatic carbocycles. The number of aromatic nitrogens is 2. The number of nitrogens with zero attached hydrogens (tertiary/aromatic N) is 3. The van der Waals surface area contributed by atoms with Crippen LogP contribution in [0.15, 0.2) is 42.5 Å². The van der Waals surface area contributed by atoms with Crippen LogP contribution in [0.4, 0.5) is 4.39 Å². The van der Waals surface area contributed by atoms with E-state index in [-0.39, 0.29) is 18.1 Å². The fourth-order valence-electron chi connectivity index (χ4n) is 3.87. The number of hydrogen-bond acceptors (Lipinski definition) is 4. The zero-order valence-corrected chi connectivity index (χ0v) is 18.0. The maximum absolute atomic E-state index is 13.3. The molecular formula is C24H26FN3O3. The number of likely N-dealkylation sites (N-methyl/N-ethyl adjacent to an activating group) is 1. The van der Waals surface area contributed by atoms with Crippen molar-refractivity contribution in [2.45, 2.75) is 33.7 Å². The molecule has 0 aliphatic carbocycles. The molecule has 0 saturated heterocycles. The first-order valence-corrected chi connectivity index (χ1v) is 10.4. The van der Waals surface area contributed by atoms with Gasteiger partial charge in [-0.2, -0.15) is 5.10 Å². The van der Waals surface area contributed by atoms with Gasteiger partial charge >= 0.3 is 0 Å². The van der Waals surface area contributed by atoms with E-state index in [4.69, 9.17) is 9.47 Å². The first kappa shape index (κ1) is 20.9. The Bertz CT molecular complexity index is 1090. The van der Waals surface area contributed by atoms with Crippen molar-refractivity contribution in [3.63, 3.8) is 0 Å². The van der Waals surface area contributed by atoms with E-state index >= 15 is 0 Å². The number of carbonyl (C=O) groups excluding carboxylic acids is 1. The minimum absolute atomic E-state index is 0.0155. The third-order valence-corrected chi connectivity index (χ3v) is 5.58. The highest BCUT2D eigenvalue weighted by atomic mass is 19.1. The molecule has 0 unspecified atom stereocenters. The van der Waals surface area contributed by atoms with E-state index < -0.39 is 0 Å². The van der Waals surface area contributed by atoms with Gasteiger partial charge in [0.2, 0.25) is 5.91 Å². The fraction of sp³-hybridized carbons (Fsp3) is 0.333. The molecule has 0 atom stereocenters. The monoisotopic (exact) mass is 423 g/mol. The van der Waals surface area contributed by atoms with Gasteiger partial charge in [0.05, 0.1) is 17.8 Å². The van der Waals surface area contributed by atoms with Gasteiger partial charge in [0.15, 0.2) is 11.5 Å². The Kier molecular flexibility index (Phi) is 5.93. The Hall–Kier alpha value is -3.35. The molecule has 0 bridgehead atoms. The van der Waals surface area contributed by atoms with Crippen molar-refractivity contribution in [2.24, 2.45) is 0 Å². The van der Waals surface area contributed by atoms with Crippen LogP contribution in [0.2, 0.25) is 0 Å². The van der Waals surface area contributed by atoms with E-state index in [1.165, 1.54) is 12.1 Å². The number of fused-ring (bicyclic) bond motifs is 1. The van der Waals surface area contributed by atoms with Crippen LogP contribution in [0.5, 0.6) is 11.5 Å². The number of para-hydroxylation sites is 1. The molecule has 0 saturated carbocycles. The van der Waals surface area contributed by atoms with Crippen molar-refractivity contribution in [3.05, 3.63) is 70.8 Å². The SMILES string of the molecule is CCN(Cc1cccc2c1OCCO2)C(=O)Cc1c(C)nn(-c2ccc(F)cc2)c1C. The van der Waals surface area contributed by atoms with Crippen LogP contribution >= 0.6 is 0 Å². The maximum Gasteiger partial charge on any atom is 0.227 e. The van der Waals surface area contributed by atoms with Crippen molar-refractivity contribution in [1.29, 1.82) is 0 Å². The number of halogens is 1. The van der Waals surface area contributed by atoms with Gasteiger partial charge < -0.3 is 14.4 Å². The summed E-state index contributed by atoms with van der Waals surface area (Å²) in [5, 5.41) is 4.58. The molecule has 0 spiro atoms. The van der Waals surface area contributed by atoms with Crippen LogP contribution in [0, 0.1) is 19.7 Å². The summed E-state index contributed by atoms with van der Waals surface area (Å²) in [6.07, 6.45) is 0.249. The maximum atomic E-state index is 13.3. The Morgan fingerprint density at radius 1 is 1.13 bits per heavy atom. The van der Waals surface area contributed by atoms with Gasteiger partial charge in [0.25, 0.3) is 0 Å². The molecule has 0 radical (unpaired) electrons. The van der Waals surface area contributed by atoms with E-state index in [0.717, 1.165) is 39.7 Å². The summed E-state index contributed by atoms with van der Waals surface area (Å²) in [7, 11) is 0. The molecule has 1 aliphatic heterocycles. The molecule has 1 amide bonds. The summed E-state index contributed by atoms with van der Waals surface area (Å²) in [5.74, 6) is 1.16. The molecule has 162 valence electrons. The Balaban J connectivity index is 1.54. The molecule has 1 aliphatic rings. The molecule has 0 N–H and O–H groups in total.